The van der Waals surface area contributed by atoms with Crippen molar-refractivity contribution in [2.24, 2.45) is 0 Å². The van der Waals surface area contributed by atoms with Crippen molar-refractivity contribution in [3.8, 4) is 0 Å². The first-order valence-electron chi connectivity index (χ1n) is 4.30. The third kappa shape index (κ3) is 2.05. The summed E-state index contributed by atoms with van der Waals surface area (Å²) in [6.07, 6.45) is 0.374. The van der Waals surface area contributed by atoms with Gasteiger partial charge in [0.15, 0.2) is 0 Å². The third-order valence-corrected chi connectivity index (χ3v) is 2.11. The zero-order valence-corrected chi connectivity index (χ0v) is 8.05. The van der Waals surface area contributed by atoms with E-state index in [1.807, 2.05) is 6.92 Å². The molecule has 0 aliphatic carbocycles. The van der Waals surface area contributed by atoms with Crippen LogP contribution in [0.1, 0.15) is 38.6 Å². The summed E-state index contributed by atoms with van der Waals surface area (Å²) in [7, 11) is 0. The Balaban J connectivity index is 2.93. The van der Waals surface area contributed by atoms with Gasteiger partial charge in [-0.05, 0) is 20.8 Å². The lowest BCUT2D eigenvalue weighted by Crippen LogP contribution is -2.22. The zero-order chi connectivity index (χ0) is 10.0. The van der Waals surface area contributed by atoms with Crippen LogP contribution in [0.25, 0.3) is 0 Å². The first-order chi connectivity index (χ1) is 6.04. The fraction of sp³-hybridized carbons (Fsp3) is 0.750. The molecule has 0 amide bonds. The van der Waals surface area contributed by atoms with E-state index < -0.39 is 12.2 Å². The number of hydrogen-bond donors (Lipinski definition) is 2. The smallest absolute Gasteiger partial charge is 0.0945 e. The van der Waals surface area contributed by atoms with Gasteiger partial charge in [0.25, 0.3) is 0 Å². The number of nitrogens with zero attached hydrogens (tertiary/aromatic N) is 3. The molecule has 1 aromatic heterocycles. The Kier molecular flexibility index (Phi) is 3.00. The standard InChI is InChI=1S/C8H15N3O2/c1-5(6(2)12)11-8(7(3)13)4-9-10-11/h4-7,12-13H,1-3H3/t5?,6?,7-/m1/s1. The van der Waals surface area contributed by atoms with Gasteiger partial charge in [-0.25, -0.2) is 4.68 Å². The Morgan fingerprint density at radius 1 is 1.31 bits per heavy atom. The van der Waals surface area contributed by atoms with Gasteiger partial charge in [0.1, 0.15) is 0 Å². The van der Waals surface area contributed by atoms with E-state index in [1.165, 1.54) is 10.9 Å². The van der Waals surface area contributed by atoms with E-state index in [1.54, 1.807) is 13.8 Å². The highest BCUT2D eigenvalue weighted by atomic mass is 16.3. The molecular formula is C8H15N3O2. The molecule has 2 N–H and O–H groups in total. The Bertz CT molecular complexity index is 270. The van der Waals surface area contributed by atoms with E-state index in [2.05, 4.69) is 10.3 Å². The molecule has 0 radical (unpaired) electrons. The highest BCUT2D eigenvalue weighted by Crippen LogP contribution is 2.16. The van der Waals surface area contributed by atoms with Crippen molar-refractivity contribution >= 4 is 0 Å². The summed E-state index contributed by atoms with van der Waals surface area (Å²) in [6, 6.07) is -0.174. The minimum absolute atomic E-state index is 0.174. The number of hydrogen-bond acceptors (Lipinski definition) is 4. The predicted octanol–water partition coefficient (Wildman–Crippen LogP) is 0.273. The SMILES string of the molecule is CC(O)C(C)n1nncc1[C@@H](C)O. The van der Waals surface area contributed by atoms with Crippen molar-refractivity contribution in [3.05, 3.63) is 11.9 Å². The molecule has 5 nitrogen and oxygen atoms in total. The van der Waals surface area contributed by atoms with Crippen LogP contribution in [-0.4, -0.2) is 31.3 Å². The molecule has 1 heterocycles. The lowest BCUT2D eigenvalue weighted by Gasteiger charge is -2.17. The maximum atomic E-state index is 9.34. The molecule has 0 aliphatic heterocycles. The van der Waals surface area contributed by atoms with Gasteiger partial charge < -0.3 is 10.2 Å². The van der Waals surface area contributed by atoms with Crippen molar-refractivity contribution < 1.29 is 10.2 Å². The molecule has 3 atom stereocenters. The Hall–Kier alpha value is -0.940. The molecule has 2 unspecified atom stereocenters. The highest BCUT2D eigenvalue weighted by Gasteiger charge is 2.17. The van der Waals surface area contributed by atoms with Crippen molar-refractivity contribution in [1.29, 1.82) is 0 Å². The van der Waals surface area contributed by atoms with E-state index in [4.69, 9.17) is 0 Å². The number of rotatable bonds is 3. The second-order valence-electron chi connectivity index (χ2n) is 3.26. The third-order valence-electron chi connectivity index (χ3n) is 2.11. The van der Waals surface area contributed by atoms with Crippen molar-refractivity contribution in [3.63, 3.8) is 0 Å². The summed E-state index contributed by atoms with van der Waals surface area (Å²) < 4.78 is 1.54. The first-order valence-corrected chi connectivity index (χ1v) is 4.30. The summed E-state index contributed by atoms with van der Waals surface area (Å²) in [5.41, 5.74) is 0.619. The topological polar surface area (TPSA) is 71.2 Å². The van der Waals surface area contributed by atoms with E-state index in [9.17, 15) is 10.2 Å². The summed E-state index contributed by atoms with van der Waals surface area (Å²) in [6.45, 7) is 5.15. The zero-order valence-electron chi connectivity index (χ0n) is 8.05. The molecule has 13 heavy (non-hydrogen) atoms. The molecule has 0 aliphatic rings. The second-order valence-corrected chi connectivity index (χ2v) is 3.26. The van der Waals surface area contributed by atoms with Gasteiger partial charge in [0, 0.05) is 0 Å². The molecule has 74 valence electrons. The molecule has 1 aromatic rings. The van der Waals surface area contributed by atoms with Crippen LogP contribution in [0.5, 0.6) is 0 Å². The predicted molar refractivity (Wildman–Crippen MR) is 47.0 cm³/mol. The molecule has 0 saturated carbocycles. The number of aliphatic hydroxyl groups excluding tert-OH is 2. The Morgan fingerprint density at radius 3 is 2.38 bits per heavy atom. The molecule has 0 aromatic carbocycles. The number of aromatic nitrogens is 3. The minimum Gasteiger partial charge on any atom is -0.391 e. The fourth-order valence-electron chi connectivity index (χ4n) is 1.07. The Morgan fingerprint density at radius 2 is 1.92 bits per heavy atom. The second kappa shape index (κ2) is 3.85. The maximum absolute atomic E-state index is 9.34. The molecule has 0 saturated heterocycles. The van der Waals surface area contributed by atoms with Crippen LogP contribution in [0.15, 0.2) is 6.20 Å². The van der Waals surface area contributed by atoms with Crippen LogP contribution in [-0.2, 0) is 0 Å². The minimum atomic E-state index is -0.615. The van der Waals surface area contributed by atoms with Crippen molar-refractivity contribution in [2.45, 2.75) is 39.0 Å². The van der Waals surface area contributed by atoms with E-state index in [0.717, 1.165) is 0 Å². The van der Waals surface area contributed by atoms with E-state index in [-0.39, 0.29) is 6.04 Å². The fourth-order valence-corrected chi connectivity index (χ4v) is 1.07. The molecule has 0 spiro atoms. The monoisotopic (exact) mass is 185 g/mol. The van der Waals surface area contributed by atoms with Crippen LogP contribution >= 0.6 is 0 Å². The summed E-state index contributed by atoms with van der Waals surface area (Å²) in [5.74, 6) is 0. The lowest BCUT2D eigenvalue weighted by atomic mass is 10.2. The highest BCUT2D eigenvalue weighted by molar-refractivity contribution is 4.99. The van der Waals surface area contributed by atoms with E-state index >= 15 is 0 Å². The largest absolute Gasteiger partial charge is 0.391 e. The van der Waals surface area contributed by atoms with Gasteiger partial charge >= 0.3 is 0 Å². The molecular weight excluding hydrogens is 170 g/mol. The van der Waals surface area contributed by atoms with Crippen LogP contribution in [0, 0.1) is 0 Å². The molecule has 1 rings (SSSR count). The van der Waals surface area contributed by atoms with Crippen molar-refractivity contribution in [2.75, 3.05) is 0 Å². The molecule has 5 heteroatoms. The first kappa shape index (κ1) is 10.1. The summed E-state index contributed by atoms with van der Waals surface area (Å²) >= 11 is 0. The number of aliphatic hydroxyl groups is 2. The summed E-state index contributed by atoms with van der Waals surface area (Å²) in [5, 5.41) is 26.2. The maximum Gasteiger partial charge on any atom is 0.0945 e. The quantitative estimate of drug-likeness (QED) is 0.709. The van der Waals surface area contributed by atoms with Gasteiger partial charge in [-0.1, -0.05) is 5.21 Å². The normalized spacial score (nSPS) is 18.2. The van der Waals surface area contributed by atoms with Crippen molar-refractivity contribution in [1.82, 2.24) is 15.0 Å². The van der Waals surface area contributed by atoms with Crippen LogP contribution in [0.3, 0.4) is 0 Å². The van der Waals surface area contributed by atoms with E-state index in [0.29, 0.717) is 5.69 Å². The van der Waals surface area contributed by atoms with Crippen LogP contribution in [0.2, 0.25) is 0 Å². The van der Waals surface area contributed by atoms with Gasteiger partial charge in [-0.15, -0.1) is 5.10 Å². The van der Waals surface area contributed by atoms with Crippen LogP contribution in [0.4, 0.5) is 0 Å². The van der Waals surface area contributed by atoms with Gasteiger partial charge in [0.2, 0.25) is 0 Å². The van der Waals surface area contributed by atoms with Gasteiger partial charge in [-0.3, -0.25) is 0 Å². The Labute approximate surface area is 77.0 Å². The molecule has 0 fully saturated rings. The average molecular weight is 185 g/mol. The lowest BCUT2D eigenvalue weighted by molar-refractivity contribution is 0.119. The van der Waals surface area contributed by atoms with Gasteiger partial charge in [0.05, 0.1) is 30.1 Å². The van der Waals surface area contributed by atoms with Crippen LogP contribution < -0.4 is 0 Å². The average Bonchev–Trinajstić information content (AvgIpc) is 2.50. The van der Waals surface area contributed by atoms with Gasteiger partial charge in [-0.2, -0.15) is 0 Å². The summed E-state index contributed by atoms with van der Waals surface area (Å²) in [4.78, 5) is 0. The molecule has 0 bridgehead atoms.